The number of thiol groups is 1. The third-order valence-corrected chi connectivity index (χ3v) is 10.4. The molecule has 0 rings (SSSR count). The minimum Gasteiger partial charge on any atom is -0.467 e. The standard InChI is InChI=1S/C14H30N2O3S2.C8H20O3Si2/c1-15-6-4-2-3-5-7-16-14(17)21-13-11-19-9-8-18-10-12-20;1-8(9)10-7-13(5,6)11-12(2,3)4/h15,20H,2-13H2,1H3,(H,16,17);7H2,1-6H3. The zero-order valence-electron chi connectivity index (χ0n) is 22.5. The number of nitrogens with one attached hydrogen (secondary N) is 2. The van der Waals surface area contributed by atoms with Crippen molar-refractivity contribution in [3.8, 4) is 0 Å². The van der Waals surface area contributed by atoms with Crippen molar-refractivity contribution >= 4 is 52.2 Å². The van der Waals surface area contributed by atoms with Crippen LogP contribution in [0.2, 0.25) is 32.7 Å². The molecule has 0 saturated heterocycles. The van der Waals surface area contributed by atoms with Gasteiger partial charge in [-0.3, -0.25) is 9.59 Å². The van der Waals surface area contributed by atoms with Crippen molar-refractivity contribution in [1.82, 2.24) is 10.6 Å². The number of hydrogen-bond acceptors (Lipinski definition) is 9. The lowest BCUT2D eigenvalue weighted by atomic mass is 10.2. The van der Waals surface area contributed by atoms with E-state index in [0.29, 0.717) is 38.4 Å². The van der Waals surface area contributed by atoms with Gasteiger partial charge in [0.25, 0.3) is 5.24 Å². The van der Waals surface area contributed by atoms with Crippen molar-refractivity contribution in [1.29, 1.82) is 0 Å². The Balaban J connectivity index is 0. The van der Waals surface area contributed by atoms with E-state index >= 15 is 0 Å². The van der Waals surface area contributed by atoms with Crippen LogP contribution in [0.15, 0.2) is 0 Å². The summed E-state index contributed by atoms with van der Waals surface area (Å²) in [5.41, 5.74) is 0. The summed E-state index contributed by atoms with van der Waals surface area (Å²) in [4.78, 5) is 22.1. The lowest BCUT2D eigenvalue weighted by molar-refractivity contribution is -0.139. The van der Waals surface area contributed by atoms with Crippen LogP contribution in [-0.4, -0.2) is 92.1 Å². The molecule has 0 heterocycles. The highest BCUT2D eigenvalue weighted by atomic mass is 32.2. The highest BCUT2D eigenvalue weighted by Gasteiger charge is 2.30. The molecule has 8 nitrogen and oxygen atoms in total. The Bertz CT molecular complexity index is 512. The minimum absolute atomic E-state index is 0.0418. The van der Waals surface area contributed by atoms with Crippen LogP contribution in [0.4, 0.5) is 4.79 Å². The first kappa shape index (κ1) is 36.1. The molecule has 0 aromatic rings. The van der Waals surface area contributed by atoms with Gasteiger partial charge in [0, 0.05) is 25.0 Å². The third-order valence-electron chi connectivity index (χ3n) is 3.90. The molecule has 0 aromatic heterocycles. The van der Waals surface area contributed by atoms with E-state index in [9.17, 15) is 9.59 Å². The van der Waals surface area contributed by atoms with Crippen molar-refractivity contribution in [3.63, 3.8) is 0 Å². The normalized spacial score (nSPS) is 11.5. The molecule has 204 valence electrons. The predicted molar refractivity (Wildman–Crippen MR) is 152 cm³/mol. The molecule has 0 saturated carbocycles. The molecular formula is C22H50N2O6S2Si2. The van der Waals surface area contributed by atoms with E-state index in [2.05, 4.69) is 56.0 Å². The number of esters is 1. The van der Waals surface area contributed by atoms with Gasteiger partial charge in [-0.1, -0.05) is 24.6 Å². The van der Waals surface area contributed by atoms with Crippen LogP contribution < -0.4 is 10.6 Å². The number of ether oxygens (including phenoxy) is 3. The van der Waals surface area contributed by atoms with Gasteiger partial charge in [0.2, 0.25) is 8.32 Å². The summed E-state index contributed by atoms with van der Waals surface area (Å²) in [5.74, 6) is 1.19. The molecule has 2 N–H and O–H groups in total. The highest BCUT2D eigenvalue weighted by Crippen LogP contribution is 2.14. The van der Waals surface area contributed by atoms with Gasteiger partial charge in [0.15, 0.2) is 8.32 Å². The molecule has 0 aliphatic rings. The fraction of sp³-hybridized carbons (Fsp3) is 0.909. The molecule has 0 aromatic carbocycles. The molecular weight excluding hydrogens is 509 g/mol. The van der Waals surface area contributed by atoms with Crippen LogP contribution in [0.3, 0.4) is 0 Å². The Morgan fingerprint density at radius 1 is 0.882 bits per heavy atom. The molecule has 12 heteroatoms. The topological polar surface area (TPSA) is 95.1 Å². The maximum Gasteiger partial charge on any atom is 0.302 e. The fourth-order valence-electron chi connectivity index (χ4n) is 2.74. The summed E-state index contributed by atoms with van der Waals surface area (Å²) >= 11 is 5.32. The van der Waals surface area contributed by atoms with Crippen molar-refractivity contribution < 1.29 is 27.9 Å². The van der Waals surface area contributed by atoms with Crippen molar-refractivity contribution in [2.24, 2.45) is 0 Å². The van der Waals surface area contributed by atoms with Gasteiger partial charge < -0.3 is 29.0 Å². The van der Waals surface area contributed by atoms with Gasteiger partial charge in [-0.15, -0.1) is 0 Å². The molecule has 0 atom stereocenters. The lowest BCUT2D eigenvalue weighted by Crippen LogP contribution is -2.46. The van der Waals surface area contributed by atoms with E-state index < -0.39 is 16.6 Å². The summed E-state index contributed by atoms with van der Waals surface area (Å²) in [6, 6.07) is 0. The zero-order valence-corrected chi connectivity index (χ0v) is 26.2. The number of unbranched alkanes of at least 4 members (excludes halogenated alkanes) is 3. The van der Waals surface area contributed by atoms with Gasteiger partial charge in [-0.25, -0.2) is 0 Å². The smallest absolute Gasteiger partial charge is 0.302 e. The summed E-state index contributed by atoms with van der Waals surface area (Å²) in [7, 11) is -1.31. The van der Waals surface area contributed by atoms with Gasteiger partial charge >= 0.3 is 5.97 Å². The fourth-order valence-corrected chi connectivity index (χ4v) is 10.9. The van der Waals surface area contributed by atoms with Crippen LogP contribution in [0.25, 0.3) is 0 Å². The second-order valence-electron chi connectivity index (χ2n) is 9.28. The first-order valence-electron chi connectivity index (χ1n) is 12.1. The number of hydrogen-bond donors (Lipinski definition) is 3. The van der Waals surface area contributed by atoms with Gasteiger partial charge in [0.1, 0.15) is 6.23 Å². The van der Waals surface area contributed by atoms with Crippen LogP contribution in [0, 0.1) is 0 Å². The van der Waals surface area contributed by atoms with Crippen molar-refractivity contribution in [2.75, 3.05) is 64.3 Å². The number of thioether (sulfide) groups is 1. The van der Waals surface area contributed by atoms with E-state index in [0.717, 1.165) is 25.3 Å². The average molecular weight is 559 g/mol. The second kappa shape index (κ2) is 23.3. The molecule has 0 bridgehead atoms. The minimum atomic E-state index is -1.78. The van der Waals surface area contributed by atoms with Crippen LogP contribution in [-0.2, 0) is 23.1 Å². The Morgan fingerprint density at radius 2 is 1.47 bits per heavy atom. The van der Waals surface area contributed by atoms with Crippen molar-refractivity contribution in [3.05, 3.63) is 0 Å². The monoisotopic (exact) mass is 558 g/mol. The first-order valence-corrected chi connectivity index (χ1v) is 20.2. The summed E-state index contributed by atoms with van der Waals surface area (Å²) in [6.07, 6.45) is 5.10. The number of amides is 1. The Labute approximate surface area is 220 Å². The summed E-state index contributed by atoms with van der Waals surface area (Å²) in [5, 5.41) is 6.08. The summed E-state index contributed by atoms with van der Waals surface area (Å²) < 4.78 is 21.5. The van der Waals surface area contributed by atoms with Gasteiger partial charge in [0.05, 0.1) is 26.4 Å². The number of carbonyl (C=O) groups excluding carboxylic acids is 2. The third kappa shape index (κ3) is 31.9. The average Bonchev–Trinajstić information content (AvgIpc) is 2.72. The highest BCUT2D eigenvalue weighted by molar-refractivity contribution is 8.13. The molecule has 0 unspecified atom stereocenters. The van der Waals surface area contributed by atoms with Crippen molar-refractivity contribution in [2.45, 2.75) is 65.3 Å². The first-order chi connectivity index (χ1) is 15.9. The zero-order chi connectivity index (χ0) is 26.3. The predicted octanol–water partition coefficient (Wildman–Crippen LogP) is 4.32. The Hall–Kier alpha value is -0.0862. The van der Waals surface area contributed by atoms with Crippen LogP contribution in [0.5, 0.6) is 0 Å². The maximum absolute atomic E-state index is 11.5. The van der Waals surface area contributed by atoms with E-state index in [1.165, 1.54) is 37.9 Å². The molecule has 0 aliphatic heterocycles. The Kier molecular flexibility index (Phi) is 24.7. The Morgan fingerprint density at radius 3 is 2.00 bits per heavy atom. The maximum atomic E-state index is 11.5. The van der Waals surface area contributed by atoms with E-state index in [1.807, 2.05) is 7.05 Å². The molecule has 1 amide bonds. The SMILES string of the molecule is CC(=O)OC[Si](C)(C)O[Si](C)(C)C.CNCCCCCCNC(=O)SCCOCCOCCS. The molecule has 0 aliphatic carbocycles. The second-order valence-corrected chi connectivity index (χ2v) is 19.6. The number of rotatable bonds is 19. The largest absolute Gasteiger partial charge is 0.467 e. The molecule has 0 spiro atoms. The molecule has 34 heavy (non-hydrogen) atoms. The number of carbonyl (C=O) groups is 2. The van der Waals surface area contributed by atoms with E-state index in [1.54, 1.807) is 0 Å². The van der Waals surface area contributed by atoms with Gasteiger partial charge in [-0.2, -0.15) is 12.6 Å². The quantitative estimate of drug-likeness (QED) is 0.0934. The van der Waals surface area contributed by atoms with E-state index in [-0.39, 0.29) is 11.2 Å². The van der Waals surface area contributed by atoms with Crippen LogP contribution in [0.1, 0.15) is 32.6 Å². The lowest BCUT2D eigenvalue weighted by Gasteiger charge is -2.30. The summed E-state index contributed by atoms with van der Waals surface area (Å²) in [6.45, 7) is 16.3. The molecule has 0 fully saturated rings. The molecule has 0 radical (unpaired) electrons. The van der Waals surface area contributed by atoms with Crippen LogP contribution >= 0.6 is 24.4 Å². The van der Waals surface area contributed by atoms with E-state index in [4.69, 9.17) is 18.3 Å². The van der Waals surface area contributed by atoms with Gasteiger partial charge in [-0.05, 0) is 59.2 Å².